The monoisotopic (exact) mass is 534 g/mol. The summed E-state index contributed by atoms with van der Waals surface area (Å²) in [7, 11) is -4.35. The second-order valence-corrected chi connectivity index (χ2v) is 11.4. The zero-order valence-electron chi connectivity index (χ0n) is 20.9. The number of anilines is 1. The fraction of sp³-hybridized carbons (Fsp3) is 0.296. The highest BCUT2D eigenvalue weighted by Crippen LogP contribution is 2.62. The summed E-state index contributed by atoms with van der Waals surface area (Å²) >= 11 is 0. The second kappa shape index (κ2) is 8.62. The Hall–Kier alpha value is -3.80. The lowest BCUT2D eigenvalue weighted by Gasteiger charge is -2.38. The van der Waals surface area contributed by atoms with Crippen LogP contribution in [-0.2, 0) is 26.7 Å². The summed E-state index contributed by atoms with van der Waals surface area (Å²) in [5.41, 5.74) is 0.988. The molecule has 196 valence electrons. The van der Waals surface area contributed by atoms with Crippen LogP contribution < -0.4 is 4.90 Å². The smallest absolute Gasteiger partial charge is 0.415 e. The SMILES string of the molecule is CCOC(=O)N1c2ccccc2[C@]2([N+](=O)[O-])[C@H]1N(S(=O)(=O)c1ccc(C)cc1)N1CCc3ccccc3[C@@H]12. The van der Waals surface area contributed by atoms with Gasteiger partial charge in [-0.15, -0.1) is 0 Å². The van der Waals surface area contributed by atoms with Gasteiger partial charge in [-0.3, -0.25) is 15.0 Å². The predicted octanol–water partition coefficient (Wildman–Crippen LogP) is 3.99. The summed E-state index contributed by atoms with van der Waals surface area (Å²) in [6.07, 6.45) is -1.86. The van der Waals surface area contributed by atoms with Crippen LogP contribution in [0.2, 0.25) is 0 Å². The molecule has 3 aromatic rings. The molecule has 1 fully saturated rings. The van der Waals surface area contributed by atoms with Gasteiger partial charge in [-0.25, -0.2) is 18.2 Å². The van der Waals surface area contributed by atoms with E-state index in [-0.39, 0.29) is 29.3 Å². The predicted molar refractivity (Wildman–Crippen MR) is 138 cm³/mol. The molecule has 0 N–H and O–H groups in total. The largest absolute Gasteiger partial charge is 0.449 e. The van der Waals surface area contributed by atoms with E-state index in [2.05, 4.69) is 0 Å². The Morgan fingerprint density at radius 2 is 1.76 bits per heavy atom. The lowest BCUT2D eigenvalue weighted by molar-refractivity contribution is -0.585. The van der Waals surface area contributed by atoms with Crippen LogP contribution in [-0.4, -0.2) is 48.2 Å². The van der Waals surface area contributed by atoms with Gasteiger partial charge < -0.3 is 4.74 Å². The molecule has 0 aliphatic carbocycles. The third kappa shape index (κ3) is 3.12. The average Bonchev–Trinajstić information content (AvgIpc) is 3.38. The zero-order valence-corrected chi connectivity index (χ0v) is 21.7. The number of nitro groups is 1. The van der Waals surface area contributed by atoms with E-state index in [1.165, 1.54) is 12.1 Å². The standard InChI is InChI=1S/C27H26N4O6S/c1-3-37-26(32)29-23-11-7-6-10-22(23)27(31(33)34)24-21-9-5-4-8-19(21)16-17-28(24)30(25(27)29)38(35,36)20-14-12-18(2)13-15-20/h4-15,24-25H,3,16-17H2,1-2H3/t24-,25-,27-/m1/s1. The van der Waals surface area contributed by atoms with Crippen LogP contribution >= 0.6 is 0 Å². The van der Waals surface area contributed by atoms with Crippen LogP contribution in [0.1, 0.15) is 35.2 Å². The van der Waals surface area contributed by atoms with Crippen LogP contribution in [0.5, 0.6) is 0 Å². The lowest BCUT2D eigenvalue weighted by atomic mass is 9.77. The van der Waals surface area contributed by atoms with E-state index >= 15 is 0 Å². The molecule has 0 radical (unpaired) electrons. The first-order chi connectivity index (χ1) is 18.2. The minimum Gasteiger partial charge on any atom is -0.449 e. The van der Waals surface area contributed by atoms with Crippen LogP contribution in [0.4, 0.5) is 10.5 Å². The number of rotatable bonds is 4. The second-order valence-electron chi connectivity index (χ2n) is 9.65. The van der Waals surface area contributed by atoms with Crippen LogP contribution in [0.15, 0.2) is 77.7 Å². The molecule has 3 aliphatic rings. The maximum atomic E-state index is 14.4. The van der Waals surface area contributed by atoms with Crippen molar-refractivity contribution >= 4 is 21.8 Å². The Bertz CT molecular complexity index is 1560. The molecule has 3 heterocycles. The van der Waals surface area contributed by atoms with Gasteiger partial charge in [0.15, 0.2) is 6.17 Å². The number of nitrogens with zero attached hydrogens (tertiary/aromatic N) is 4. The van der Waals surface area contributed by atoms with Crippen molar-refractivity contribution in [3.8, 4) is 0 Å². The van der Waals surface area contributed by atoms with Gasteiger partial charge in [0.2, 0.25) is 0 Å². The molecule has 1 saturated heterocycles. The molecule has 3 aliphatic heterocycles. The van der Waals surface area contributed by atoms with Crippen molar-refractivity contribution in [3.05, 3.63) is 105 Å². The van der Waals surface area contributed by atoms with Crippen molar-refractivity contribution in [1.82, 2.24) is 9.42 Å². The first-order valence-corrected chi connectivity index (χ1v) is 13.8. The van der Waals surface area contributed by atoms with Gasteiger partial charge in [0.25, 0.3) is 10.0 Å². The van der Waals surface area contributed by atoms with Gasteiger partial charge in [0.05, 0.1) is 22.8 Å². The number of amides is 1. The lowest BCUT2D eigenvalue weighted by Crippen LogP contribution is -2.58. The number of ether oxygens (including phenoxy) is 1. The molecule has 11 heteroatoms. The van der Waals surface area contributed by atoms with Crippen molar-refractivity contribution in [3.63, 3.8) is 0 Å². The Labute approximate surface area is 220 Å². The maximum absolute atomic E-state index is 14.4. The third-order valence-electron chi connectivity index (χ3n) is 7.70. The first-order valence-electron chi connectivity index (χ1n) is 12.4. The molecule has 0 saturated carbocycles. The highest BCUT2D eigenvalue weighted by Gasteiger charge is 2.78. The average molecular weight is 535 g/mol. The summed E-state index contributed by atoms with van der Waals surface area (Å²) in [6, 6.07) is 19.3. The molecule has 38 heavy (non-hydrogen) atoms. The number of fused-ring (bicyclic) bond motifs is 7. The highest BCUT2D eigenvalue weighted by atomic mass is 32.2. The van der Waals surface area contributed by atoms with Crippen LogP contribution in [0, 0.1) is 17.0 Å². The van der Waals surface area contributed by atoms with E-state index in [0.717, 1.165) is 20.4 Å². The molecule has 10 nitrogen and oxygen atoms in total. The quantitative estimate of drug-likeness (QED) is 0.367. The first kappa shape index (κ1) is 24.5. The van der Waals surface area contributed by atoms with Crippen molar-refractivity contribution in [2.75, 3.05) is 18.1 Å². The van der Waals surface area contributed by atoms with Gasteiger partial charge in [-0.2, -0.15) is 0 Å². The minimum atomic E-state index is -4.35. The molecule has 0 aromatic heterocycles. The maximum Gasteiger partial charge on any atom is 0.415 e. The zero-order chi connectivity index (χ0) is 26.8. The van der Waals surface area contributed by atoms with Crippen molar-refractivity contribution < 1.29 is 22.9 Å². The minimum absolute atomic E-state index is 0.0142. The summed E-state index contributed by atoms with van der Waals surface area (Å²) in [6.45, 7) is 3.72. The number of carbonyl (C=O) groups excluding carboxylic acids is 1. The number of sulfonamides is 1. The molecule has 3 aromatic carbocycles. The molecule has 0 bridgehead atoms. The number of carbonyl (C=O) groups is 1. The Balaban J connectivity index is 1.69. The molecule has 1 amide bonds. The summed E-state index contributed by atoms with van der Waals surface area (Å²) in [5, 5.41) is 15.0. The van der Waals surface area contributed by atoms with Gasteiger partial charge >= 0.3 is 11.6 Å². The Kier molecular flexibility index (Phi) is 5.56. The van der Waals surface area contributed by atoms with Crippen molar-refractivity contribution in [1.29, 1.82) is 0 Å². The van der Waals surface area contributed by atoms with E-state index in [9.17, 15) is 23.3 Å². The Morgan fingerprint density at radius 3 is 2.47 bits per heavy atom. The molecule has 3 atom stereocenters. The van der Waals surface area contributed by atoms with Gasteiger partial charge in [-0.05, 0) is 55.7 Å². The van der Waals surface area contributed by atoms with E-state index in [0.29, 0.717) is 12.0 Å². The molecule has 0 unspecified atom stereocenters. The highest BCUT2D eigenvalue weighted by molar-refractivity contribution is 7.89. The number of hydrogen-bond acceptors (Lipinski definition) is 7. The normalized spacial score (nSPS) is 24.3. The summed E-state index contributed by atoms with van der Waals surface area (Å²) < 4.78 is 35.2. The van der Waals surface area contributed by atoms with Crippen LogP contribution in [0.3, 0.4) is 0 Å². The summed E-state index contributed by atoms with van der Waals surface area (Å²) in [4.78, 5) is 27.6. The van der Waals surface area contributed by atoms with Gasteiger partial charge in [-0.1, -0.05) is 58.5 Å². The van der Waals surface area contributed by atoms with Crippen molar-refractivity contribution in [2.45, 2.75) is 42.9 Å². The van der Waals surface area contributed by atoms with Crippen LogP contribution in [0.25, 0.3) is 0 Å². The number of hydrazine groups is 1. The van der Waals surface area contributed by atoms with E-state index in [4.69, 9.17) is 4.74 Å². The van der Waals surface area contributed by atoms with Gasteiger partial charge in [0, 0.05) is 11.5 Å². The fourth-order valence-electron chi connectivity index (χ4n) is 6.19. The number of hydrogen-bond donors (Lipinski definition) is 0. The third-order valence-corrected chi connectivity index (χ3v) is 9.47. The molecule has 6 rings (SSSR count). The molecular weight excluding hydrogens is 508 g/mol. The van der Waals surface area contributed by atoms with Gasteiger partial charge in [0.1, 0.15) is 6.04 Å². The van der Waals surface area contributed by atoms with Crippen molar-refractivity contribution in [2.24, 2.45) is 0 Å². The Morgan fingerprint density at radius 1 is 1.08 bits per heavy atom. The number of para-hydroxylation sites is 1. The fourth-order valence-corrected chi connectivity index (χ4v) is 7.85. The number of benzene rings is 3. The van der Waals surface area contributed by atoms with E-state index in [1.54, 1.807) is 54.4 Å². The van der Waals surface area contributed by atoms with E-state index < -0.39 is 38.8 Å². The topological polar surface area (TPSA) is 113 Å². The molecule has 0 spiro atoms. The summed E-state index contributed by atoms with van der Waals surface area (Å²) in [5.74, 6) is 0. The number of aryl methyl sites for hydroxylation is 1. The molecular formula is C27H26N4O6S. The van der Waals surface area contributed by atoms with E-state index in [1.807, 2.05) is 25.1 Å².